The van der Waals surface area contributed by atoms with Gasteiger partial charge in [0.1, 0.15) is 0 Å². The highest BCUT2D eigenvalue weighted by molar-refractivity contribution is 5.85. The maximum Gasteiger partial charge on any atom is 0.0769 e. The maximum atomic E-state index is 9.34. The molecule has 0 spiro atoms. The van der Waals surface area contributed by atoms with Crippen LogP contribution in [0, 0.1) is 0 Å². The molecule has 3 nitrogen and oxygen atoms in total. The second kappa shape index (κ2) is 3.72. The molecule has 70 valence electrons. The van der Waals surface area contributed by atoms with Gasteiger partial charge in [-0.05, 0) is 27.7 Å². The molecule has 0 radical (unpaired) electrons. The summed E-state index contributed by atoms with van der Waals surface area (Å²) in [6, 6.07) is -0.625. The summed E-state index contributed by atoms with van der Waals surface area (Å²) in [6.07, 6.45) is 0. The molecule has 0 aliphatic heterocycles. The first-order valence-electron chi connectivity index (χ1n) is 3.36. The van der Waals surface area contributed by atoms with Crippen LogP contribution in [0.2, 0.25) is 0 Å². The molecule has 0 amide bonds. The molecule has 0 atom stereocenters. The third kappa shape index (κ3) is 4.58. The molecule has 0 saturated carbocycles. The van der Waals surface area contributed by atoms with Crippen molar-refractivity contribution in [2.24, 2.45) is 5.73 Å². The van der Waals surface area contributed by atoms with Gasteiger partial charge in [-0.1, -0.05) is 0 Å². The number of hydrogen-bond acceptors (Lipinski definition) is 3. The van der Waals surface area contributed by atoms with E-state index >= 15 is 0 Å². The summed E-state index contributed by atoms with van der Waals surface area (Å²) in [5, 5.41) is 18.7. The van der Waals surface area contributed by atoms with Crippen molar-refractivity contribution >= 4 is 12.4 Å². The van der Waals surface area contributed by atoms with E-state index < -0.39 is 17.2 Å². The van der Waals surface area contributed by atoms with Crippen LogP contribution in [0.5, 0.6) is 0 Å². The van der Waals surface area contributed by atoms with Crippen LogP contribution in [0.4, 0.5) is 0 Å². The zero-order valence-corrected chi connectivity index (χ0v) is 8.27. The van der Waals surface area contributed by atoms with E-state index in [2.05, 4.69) is 0 Å². The molecule has 0 fully saturated rings. The van der Waals surface area contributed by atoms with Gasteiger partial charge in [-0.2, -0.15) is 0 Å². The molecule has 4 N–H and O–H groups in total. The normalized spacial score (nSPS) is 13.1. The Balaban J connectivity index is 0. The Morgan fingerprint density at radius 3 is 1.18 bits per heavy atom. The third-order valence-corrected chi connectivity index (χ3v) is 1.52. The van der Waals surface area contributed by atoms with Crippen molar-refractivity contribution in [2.45, 2.75) is 44.9 Å². The van der Waals surface area contributed by atoms with E-state index in [9.17, 15) is 10.2 Å². The summed E-state index contributed by atoms with van der Waals surface area (Å²) >= 11 is 0. The second-order valence-corrected chi connectivity index (χ2v) is 3.78. The predicted molar refractivity (Wildman–Crippen MR) is 47.8 cm³/mol. The van der Waals surface area contributed by atoms with Crippen molar-refractivity contribution in [3.63, 3.8) is 0 Å². The minimum atomic E-state index is -1.03. The molecule has 11 heavy (non-hydrogen) atoms. The SMILES string of the molecule is CC(C)(O)C(N)C(C)(C)O.Cl. The van der Waals surface area contributed by atoms with Crippen molar-refractivity contribution in [3.05, 3.63) is 0 Å². The molecule has 0 aromatic carbocycles. The van der Waals surface area contributed by atoms with Gasteiger partial charge in [0.2, 0.25) is 0 Å². The first-order chi connectivity index (χ1) is 4.15. The van der Waals surface area contributed by atoms with E-state index in [4.69, 9.17) is 5.73 Å². The summed E-state index contributed by atoms with van der Waals surface area (Å²) in [4.78, 5) is 0. The van der Waals surface area contributed by atoms with E-state index in [1.807, 2.05) is 0 Å². The molecule has 0 heterocycles. The molecule has 0 bridgehead atoms. The van der Waals surface area contributed by atoms with E-state index in [1.165, 1.54) is 0 Å². The van der Waals surface area contributed by atoms with Gasteiger partial charge in [0, 0.05) is 0 Å². The predicted octanol–water partition coefficient (Wildman–Crippen LogP) is 0.277. The standard InChI is InChI=1S/C7H17NO2.ClH/c1-6(2,9)5(8)7(3,4)10;/h5,9-10H,8H2,1-4H3;1H. The fourth-order valence-electron chi connectivity index (χ4n) is 0.864. The van der Waals surface area contributed by atoms with Gasteiger partial charge in [-0.15, -0.1) is 12.4 Å². The molecular weight excluding hydrogens is 166 g/mol. The van der Waals surface area contributed by atoms with Crippen LogP contribution in [-0.4, -0.2) is 27.5 Å². The van der Waals surface area contributed by atoms with Crippen LogP contribution in [0.3, 0.4) is 0 Å². The number of halogens is 1. The van der Waals surface area contributed by atoms with Crippen LogP contribution in [0.1, 0.15) is 27.7 Å². The molecule has 0 unspecified atom stereocenters. The molecule has 0 aromatic rings. The Morgan fingerprint density at radius 2 is 1.18 bits per heavy atom. The summed E-state index contributed by atoms with van der Waals surface area (Å²) in [5.74, 6) is 0. The Bertz CT molecular complexity index is 101. The highest BCUT2D eigenvalue weighted by Gasteiger charge is 2.34. The molecule has 4 heteroatoms. The van der Waals surface area contributed by atoms with E-state index in [1.54, 1.807) is 27.7 Å². The molecule has 0 aromatic heterocycles. The molecule has 0 aliphatic carbocycles. The van der Waals surface area contributed by atoms with Crippen LogP contribution in [0.25, 0.3) is 0 Å². The fourth-order valence-corrected chi connectivity index (χ4v) is 0.864. The van der Waals surface area contributed by atoms with Gasteiger partial charge in [0.25, 0.3) is 0 Å². The summed E-state index contributed by atoms with van der Waals surface area (Å²) < 4.78 is 0. The monoisotopic (exact) mass is 183 g/mol. The molecule has 0 saturated heterocycles. The van der Waals surface area contributed by atoms with Crippen molar-refractivity contribution in [1.29, 1.82) is 0 Å². The topological polar surface area (TPSA) is 66.5 Å². The lowest BCUT2D eigenvalue weighted by Gasteiger charge is -2.34. The van der Waals surface area contributed by atoms with Gasteiger partial charge < -0.3 is 15.9 Å². The van der Waals surface area contributed by atoms with Crippen molar-refractivity contribution in [3.8, 4) is 0 Å². The maximum absolute atomic E-state index is 9.34. The quantitative estimate of drug-likeness (QED) is 0.576. The van der Waals surface area contributed by atoms with Crippen LogP contribution in [0.15, 0.2) is 0 Å². The Labute approximate surface area is 74.0 Å². The fraction of sp³-hybridized carbons (Fsp3) is 1.00. The minimum absolute atomic E-state index is 0. The van der Waals surface area contributed by atoms with Gasteiger partial charge in [0.05, 0.1) is 17.2 Å². The molecular formula is C7H18ClNO2. The Kier molecular flexibility index (Phi) is 4.64. The average Bonchev–Trinajstić information content (AvgIpc) is 1.59. The smallest absolute Gasteiger partial charge is 0.0769 e. The summed E-state index contributed by atoms with van der Waals surface area (Å²) in [7, 11) is 0. The number of rotatable bonds is 2. The van der Waals surface area contributed by atoms with E-state index in [-0.39, 0.29) is 12.4 Å². The average molecular weight is 184 g/mol. The zero-order chi connectivity index (χ0) is 8.58. The first-order valence-corrected chi connectivity index (χ1v) is 3.36. The van der Waals surface area contributed by atoms with Gasteiger partial charge in [0.15, 0.2) is 0 Å². The zero-order valence-electron chi connectivity index (χ0n) is 7.46. The van der Waals surface area contributed by atoms with Gasteiger partial charge >= 0.3 is 0 Å². The first kappa shape index (κ1) is 13.7. The van der Waals surface area contributed by atoms with E-state index in [0.29, 0.717) is 0 Å². The lowest BCUT2D eigenvalue weighted by molar-refractivity contribution is -0.0477. The van der Waals surface area contributed by atoms with Crippen LogP contribution >= 0.6 is 12.4 Å². The van der Waals surface area contributed by atoms with Gasteiger partial charge in [-0.25, -0.2) is 0 Å². The van der Waals surface area contributed by atoms with Crippen molar-refractivity contribution < 1.29 is 10.2 Å². The lowest BCUT2D eigenvalue weighted by atomic mass is 9.87. The largest absolute Gasteiger partial charge is 0.389 e. The lowest BCUT2D eigenvalue weighted by Crippen LogP contribution is -2.56. The number of aliphatic hydroxyl groups is 2. The Hall–Kier alpha value is 0.170. The highest BCUT2D eigenvalue weighted by Crippen LogP contribution is 2.17. The summed E-state index contributed by atoms with van der Waals surface area (Å²) in [5.41, 5.74) is 3.47. The highest BCUT2D eigenvalue weighted by atomic mass is 35.5. The van der Waals surface area contributed by atoms with Gasteiger partial charge in [-0.3, -0.25) is 0 Å². The third-order valence-electron chi connectivity index (χ3n) is 1.52. The van der Waals surface area contributed by atoms with E-state index in [0.717, 1.165) is 0 Å². The molecule has 0 aliphatic rings. The number of nitrogens with two attached hydrogens (primary N) is 1. The van der Waals surface area contributed by atoms with Crippen LogP contribution in [-0.2, 0) is 0 Å². The second-order valence-electron chi connectivity index (χ2n) is 3.78. The van der Waals surface area contributed by atoms with Crippen LogP contribution < -0.4 is 5.73 Å². The van der Waals surface area contributed by atoms with Crippen molar-refractivity contribution in [2.75, 3.05) is 0 Å². The molecule has 0 rings (SSSR count). The Morgan fingerprint density at radius 1 is 1.00 bits per heavy atom. The van der Waals surface area contributed by atoms with Crippen molar-refractivity contribution in [1.82, 2.24) is 0 Å². The summed E-state index contributed by atoms with van der Waals surface area (Å²) in [6.45, 7) is 6.32. The number of hydrogen-bond donors (Lipinski definition) is 3. The minimum Gasteiger partial charge on any atom is -0.389 e.